The van der Waals surface area contributed by atoms with Crippen LogP contribution < -0.4 is 4.90 Å². The van der Waals surface area contributed by atoms with Gasteiger partial charge in [0.25, 0.3) is 0 Å². The predicted molar refractivity (Wildman–Crippen MR) is 129 cm³/mol. The van der Waals surface area contributed by atoms with Crippen LogP contribution in [0.5, 0.6) is 0 Å². The van der Waals surface area contributed by atoms with Crippen molar-refractivity contribution < 1.29 is 9.84 Å². The molecule has 0 radical (unpaired) electrons. The third-order valence-electron chi connectivity index (χ3n) is 5.37. The lowest BCUT2D eigenvalue weighted by molar-refractivity contribution is 0.372. The second kappa shape index (κ2) is 10.1. The molecule has 0 amide bonds. The summed E-state index contributed by atoms with van der Waals surface area (Å²) < 4.78 is 29.0. The summed E-state index contributed by atoms with van der Waals surface area (Å²) in [6.45, 7) is 11.1. The van der Waals surface area contributed by atoms with Crippen molar-refractivity contribution in [1.82, 2.24) is 14.3 Å². The fourth-order valence-corrected chi connectivity index (χ4v) is 5.63. The van der Waals surface area contributed by atoms with Crippen LogP contribution in [-0.2, 0) is 23.1 Å². The largest absolute Gasteiger partial charge is 0.361 e. The van der Waals surface area contributed by atoms with Crippen molar-refractivity contribution in [3.8, 4) is 0 Å². The number of imidazole rings is 1. The number of aromatic nitrogens is 2. The van der Waals surface area contributed by atoms with Gasteiger partial charge in [-0.05, 0) is 44.1 Å². The van der Waals surface area contributed by atoms with Crippen LogP contribution in [0.2, 0.25) is 0 Å². The highest BCUT2D eigenvalue weighted by molar-refractivity contribution is 7.93. The number of fused-ring (bicyclic) bond motifs is 1. The molecule has 0 fully saturated rings. The molecule has 1 atom stereocenters. The summed E-state index contributed by atoms with van der Waals surface area (Å²) in [6, 6.07) is 8.13. The maximum absolute atomic E-state index is 13.7. The molecule has 0 saturated heterocycles. The molecular weight excluding hydrogens is 408 g/mol. The lowest BCUT2D eigenvalue weighted by Crippen LogP contribution is -2.43. The van der Waals surface area contributed by atoms with E-state index in [4.69, 9.17) is 0 Å². The van der Waals surface area contributed by atoms with E-state index in [9.17, 15) is 8.42 Å². The molecule has 3 rings (SSSR count). The van der Waals surface area contributed by atoms with E-state index in [2.05, 4.69) is 34.4 Å². The molecule has 1 unspecified atom stereocenters. The number of allylic oxidation sites excluding steroid dienone is 4. The highest BCUT2D eigenvalue weighted by atomic mass is 32.2. The Morgan fingerprint density at radius 2 is 2.13 bits per heavy atom. The van der Waals surface area contributed by atoms with Gasteiger partial charge in [0.1, 0.15) is 0 Å². The Balaban J connectivity index is 0.00000363. The average Bonchev–Trinajstić information content (AvgIpc) is 3.18. The minimum absolute atomic E-state index is 0. The second-order valence-corrected chi connectivity index (χ2v) is 10.0. The first kappa shape index (κ1) is 23.0. The Bertz CT molecular complexity index is 1060. The fourth-order valence-electron chi connectivity index (χ4n) is 4.00. The number of rotatable bonds is 8. The number of nitrogens with zero attached hydrogens (tertiary/aromatic N) is 3. The van der Waals surface area contributed by atoms with Crippen molar-refractivity contribution in [3.63, 3.8) is 0 Å². The molecule has 1 aliphatic heterocycles. The zero-order valence-electron chi connectivity index (χ0n) is 18.6. The third kappa shape index (κ3) is 5.35. The first-order valence-corrected chi connectivity index (χ1v) is 12.1. The van der Waals surface area contributed by atoms with Gasteiger partial charge in [-0.3, -0.25) is 0 Å². The Labute approximate surface area is 187 Å². The quantitative estimate of drug-likeness (QED) is 0.583. The first-order chi connectivity index (χ1) is 14.9. The summed E-state index contributed by atoms with van der Waals surface area (Å²) in [7, 11) is -3.68. The molecular formula is C24H34N4O2S. The van der Waals surface area contributed by atoms with Gasteiger partial charge in [-0.25, -0.2) is 13.4 Å². The molecule has 0 saturated carbocycles. The fraction of sp³-hybridized carbons (Fsp3) is 0.375. The van der Waals surface area contributed by atoms with Crippen molar-refractivity contribution in [2.24, 2.45) is 0 Å². The molecule has 168 valence electrons. The summed E-state index contributed by atoms with van der Waals surface area (Å²) in [4.78, 5) is 9.93. The van der Waals surface area contributed by atoms with Gasteiger partial charge in [-0.2, -0.15) is 4.31 Å². The molecule has 1 N–H and O–H groups in total. The maximum atomic E-state index is 13.7. The predicted octanol–water partition coefficient (Wildman–Crippen LogP) is 5.01. The standard InChI is InChI=1S/C24H32N4O2S.H2/c1-5-9-22-17-27(31(29,30)23(10-6-2)13-19(3)4)15-20-11-7-8-12-24(20)28(22)16-21-14-25-18-26-21;/h6-8,10-14,18,22H,2,5,9,15-17H2,1,3-4H3,(H,25,26);1H/b23-10+;. The highest BCUT2D eigenvalue weighted by Crippen LogP contribution is 2.33. The van der Waals surface area contributed by atoms with Gasteiger partial charge >= 0.3 is 0 Å². The Morgan fingerprint density at radius 1 is 1.35 bits per heavy atom. The number of H-pyrrole nitrogens is 1. The number of hydrogen-bond donors (Lipinski definition) is 1. The summed E-state index contributed by atoms with van der Waals surface area (Å²) in [5.74, 6) is 0. The lowest BCUT2D eigenvalue weighted by atomic mass is 10.1. The topological polar surface area (TPSA) is 69.3 Å². The van der Waals surface area contributed by atoms with E-state index in [1.165, 1.54) is 6.08 Å². The Kier molecular flexibility index (Phi) is 7.51. The smallest absolute Gasteiger partial charge is 0.243 e. The Hall–Kier alpha value is -2.64. The van der Waals surface area contributed by atoms with Crippen molar-refractivity contribution in [2.75, 3.05) is 11.4 Å². The molecule has 7 heteroatoms. The normalized spacial score (nSPS) is 17.7. The number of aromatic amines is 1. The van der Waals surface area contributed by atoms with Crippen molar-refractivity contribution in [3.05, 3.63) is 83.3 Å². The van der Waals surface area contributed by atoms with Gasteiger partial charge in [-0.15, -0.1) is 0 Å². The van der Waals surface area contributed by atoms with Crippen molar-refractivity contribution >= 4 is 15.7 Å². The second-order valence-electron chi connectivity index (χ2n) is 8.10. The molecule has 2 aromatic rings. The zero-order valence-corrected chi connectivity index (χ0v) is 19.4. The summed E-state index contributed by atoms with van der Waals surface area (Å²) >= 11 is 0. The van der Waals surface area contributed by atoms with E-state index >= 15 is 0 Å². The molecule has 6 nitrogen and oxygen atoms in total. The van der Waals surface area contributed by atoms with Crippen LogP contribution in [0.25, 0.3) is 0 Å². The zero-order chi connectivity index (χ0) is 22.4. The number of nitrogens with one attached hydrogen (secondary N) is 1. The third-order valence-corrected chi connectivity index (χ3v) is 7.18. The van der Waals surface area contributed by atoms with E-state index in [0.29, 0.717) is 19.6 Å². The van der Waals surface area contributed by atoms with Gasteiger partial charge in [0, 0.05) is 32.4 Å². The van der Waals surface area contributed by atoms with Gasteiger partial charge in [0.05, 0.1) is 23.5 Å². The first-order valence-electron chi connectivity index (χ1n) is 10.7. The SMILES string of the molecule is C=C/C=C(\C=C(C)C)S(=O)(=O)N1Cc2ccccc2N(Cc2cnc[nH]2)C(CCC)C1.[HH]. The number of benzene rings is 1. The summed E-state index contributed by atoms with van der Waals surface area (Å²) in [6.07, 6.45) is 10.2. The molecule has 0 spiro atoms. The van der Waals surface area contributed by atoms with Crippen LogP contribution in [0.15, 0.2) is 72.1 Å². The van der Waals surface area contributed by atoms with E-state index in [-0.39, 0.29) is 12.4 Å². The molecule has 0 bridgehead atoms. The van der Waals surface area contributed by atoms with Crippen LogP contribution in [0.3, 0.4) is 0 Å². The minimum Gasteiger partial charge on any atom is -0.361 e. The molecule has 1 aliphatic rings. The summed E-state index contributed by atoms with van der Waals surface area (Å²) in [5.41, 5.74) is 4.01. The van der Waals surface area contributed by atoms with Gasteiger partial charge in [0.15, 0.2) is 0 Å². The van der Waals surface area contributed by atoms with Crippen LogP contribution >= 0.6 is 0 Å². The minimum atomic E-state index is -3.68. The molecule has 2 heterocycles. The molecule has 31 heavy (non-hydrogen) atoms. The Morgan fingerprint density at radius 3 is 2.77 bits per heavy atom. The number of hydrogen-bond acceptors (Lipinski definition) is 4. The number of para-hydroxylation sites is 1. The van der Waals surface area contributed by atoms with E-state index in [1.54, 1.807) is 22.8 Å². The monoisotopic (exact) mass is 442 g/mol. The van der Waals surface area contributed by atoms with E-state index in [1.807, 2.05) is 38.2 Å². The lowest BCUT2D eigenvalue weighted by Gasteiger charge is -2.33. The van der Waals surface area contributed by atoms with Crippen molar-refractivity contribution in [2.45, 2.75) is 52.7 Å². The van der Waals surface area contributed by atoms with Gasteiger partial charge < -0.3 is 9.88 Å². The van der Waals surface area contributed by atoms with Crippen LogP contribution in [0.4, 0.5) is 5.69 Å². The number of anilines is 1. The molecule has 1 aromatic heterocycles. The van der Waals surface area contributed by atoms with E-state index < -0.39 is 10.0 Å². The average molecular weight is 443 g/mol. The van der Waals surface area contributed by atoms with Crippen molar-refractivity contribution in [1.29, 1.82) is 0 Å². The van der Waals surface area contributed by atoms with Gasteiger partial charge in [-0.1, -0.05) is 49.8 Å². The van der Waals surface area contributed by atoms with E-state index in [0.717, 1.165) is 35.4 Å². The van der Waals surface area contributed by atoms with Crippen LogP contribution in [0.1, 0.15) is 46.3 Å². The molecule has 0 aliphatic carbocycles. The van der Waals surface area contributed by atoms with Crippen LogP contribution in [0, 0.1) is 0 Å². The van der Waals surface area contributed by atoms with Gasteiger partial charge in [0.2, 0.25) is 10.0 Å². The molecule has 1 aromatic carbocycles. The highest BCUT2D eigenvalue weighted by Gasteiger charge is 2.34. The summed E-state index contributed by atoms with van der Waals surface area (Å²) in [5, 5.41) is 0. The van der Waals surface area contributed by atoms with Crippen LogP contribution in [-0.4, -0.2) is 35.3 Å². The number of sulfonamides is 1. The maximum Gasteiger partial charge on any atom is 0.243 e.